The molecule has 1 fully saturated rings. The molecule has 0 saturated carbocycles. The van der Waals surface area contributed by atoms with Crippen LogP contribution in [-0.2, 0) is 4.79 Å². The molecule has 4 rings (SSSR count). The highest BCUT2D eigenvalue weighted by atomic mass is 16.2. The van der Waals surface area contributed by atoms with Crippen molar-refractivity contribution in [2.24, 2.45) is 5.41 Å². The lowest BCUT2D eigenvalue weighted by atomic mass is 9.87. The maximum Gasteiger partial charge on any atom is 0.227 e. The van der Waals surface area contributed by atoms with E-state index in [-0.39, 0.29) is 17.2 Å². The van der Waals surface area contributed by atoms with Crippen LogP contribution in [0.3, 0.4) is 0 Å². The fourth-order valence-electron chi connectivity index (χ4n) is 3.96. The lowest BCUT2D eigenvalue weighted by Gasteiger charge is -2.36. The van der Waals surface area contributed by atoms with Crippen LogP contribution in [-0.4, -0.2) is 43.8 Å². The van der Waals surface area contributed by atoms with Gasteiger partial charge in [-0.15, -0.1) is 0 Å². The fourth-order valence-corrected chi connectivity index (χ4v) is 3.96. The molecule has 0 aromatic carbocycles. The van der Waals surface area contributed by atoms with E-state index in [9.17, 15) is 4.79 Å². The summed E-state index contributed by atoms with van der Waals surface area (Å²) in [4.78, 5) is 32.8. The summed E-state index contributed by atoms with van der Waals surface area (Å²) in [7, 11) is 0. The first-order valence-corrected chi connectivity index (χ1v) is 10.4. The third kappa shape index (κ3) is 4.22. The van der Waals surface area contributed by atoms with Crippen LogP contribution in [0.2, 0.25) is 0 Å². The number of nitrogens with zero attached hydrogens (tertiary/aromatic N) is 5. The van der Waals surface area contributed by atoms with E-state index in [4.69, 9.17) is 4.98 Å². The van der Waals surface area contributed by atoms with E-state index in [0.717, 1.165) is 41.8 Å². The number of piperidine rings is 1. The van der Waals surface area contributed by atoms with Crippen LogP contribution in [0.25, 0.3) is 22.5 Å². The number of pyridine rings is 2. The lowest BCUT2D eigenvalue weighted by Crippen LogP contribution is -2.44. The summed E-state index contributed by atoms with van der Waals surface area (Å²) >= 11 is 0. The van der Waals surface area contributed by atoms with Gasteiger partial charge in [-0.05, 0) is 42.7 Å². The molecule has 0 bridgehead atoms. The quantitative estimate of drug-likeness (QED) is 0.652. The van der Waals surface area contributed by atoms with Gasteiger partial charge >= 0.3 is 0 Å². The number of carbonyl (C=O) groups excluding carboxylic acids is 1. The van der Waals surface area contributed by atoms with Crippen LogP contribution in [0.15, 0.2) is 55.2 Å². The first-order chi connectivity index (χ1) is 14.4. The van der Waals surface area contributed by atoms with Crippen molar-refractivity contribution in [3.05, 3.63) is 60.9 Å². The number of rotatable bonds is 3. The number of hydrogen-bond donors (Lipinski definition) is 0. The molecular formula is C24H27N5O. The molecule has 6 nitrogen and oxygen atoms in total. The Hall–Kier alpha value is -3.15. The van der Waals surface area contributed by atoms with Crippen LogP contribution in [0.1, 0.15) is 45.2 Å². The molecule has 0 spiro atoms. The molecule has 1 amide bonds. The average molecular weight is 402 g/mol. The molecule has 1 aliphatic heterocycles. The molecule has 1 saturated heterocycles. The maximum absolute atomic E-state index is 12.9. The van der Waals surface area contributed by atoms with Gasteiger partial charge in [0.2, 0.25) is 5.91 Å². The van der Waals surface area contributed by atoms with Crippen LogP contribution < -0.4 is 0 Å². The van der Waals surface area contributed by atoms with E-state index in [1.165, 1.54) is 0 Å². The Morgan fingerprint density at radius 2 is 1.63 bits per heavy atom. The second-order valence-corrected chi connectivity index (χ2v) is 8.80. The third-order valence-electron chi connectivity index (χ3n) is 5.48. The summed E-state index contributed by atoms with van der Waals surface area (Å²) in [5, 5.41) is 0. The molecule has 0 N–H and O–H groups in total. The van der Waals surface area contributed by atoms with E-state index < -0.39 is 0 Å². The van der Waals surface area contributed by atoms with Crippen molar-refractivity contribution in [3.63, 3.8) is 0 Å². The normalized spacial score (nSPS) is 17.0. The van der Waals surface area contributed by atoms with Crippen molar-refractivity contribution in [1.82, 2.24) is 24.8 Å². The molecule has 1 atom stereocenters. The Morgan fingerprint density at radius 1 is 1.00 bits per heavy atom. The summed E-state index contributed by atoms with van der Waals surface area (Å²) in [5.74, 6) is 1.04. The molecule has 1 aliphatic rings. The first-order valence-electron chi connectivity index (χ1n) is 10.4. The molecule has 3 aromatic heterocycles. The predicted octanol–water partition coefficient (Wildman–Crippen LogP) is 4.35. The van der Waals surface area contributed by atoms with Crippen molar-refractivity contribution in [3.8, 4) is 22.5 Å². The zero-order chi connectivity index (χ0) is 21.1. The Morgan fingerprint density at radius 3 is 2.27 bits per heavy atom. The monoisotopic (exact) mass is 401 g/mol. The third-order valence-corrected chi connectivity index (χ3v) is 5.48. The van der Waals surface area contributed by atoms with E-state index in [1.807, 2.05) is 56.1 Å². The number of carbonyl (C=O) groups is 1. The van der Waals surface area contributed by atoms with Crippen LogP contribution in [0, 0.1) is 5.41 Å². The minimum absolute atomic E-state index is 0.164. The van der Waals surface area contributed by atoms with Crippen LogP contribution >= 0.6 is 0 Å². The highest BCUT2D eigenvalue weighted by molar-refractivity contribution is 5.81. The maximum atomic E-state index is 12.9. The van der Waals surface area contributed by atoms with E-state index in [1.54, 1.807) is 24.8 Å². The van der Waals surface area contributed by atoms with Crippen molar-refractivity contribution in [1.29, 1.82) is 0 Å². The molecule has 30 heavy (non-hydrogen) atoms. The van der Waals surface area contributed by atoms with Crippen molar-refractivity contribution in [2.45, 2.75) is 39.5 Å². The molecular weight excluding hydrogens is 374 g/mol. The summed E-state index contributed by atoms with van der Waals surface area (Å²) in [6, 6.07) is 7.80. The Kier molecular flexibility index (Phi) is 5.57. The van der Waals surface area contributed by atoms with Gasteiger partial charge in [-0.1, -0.05) is 20.8 Å². The van der Waals surface area contributed by atoms with Crippen LogP contribution in [0.5, 0.6) is 0 Å². The van der Waals surface area contributed by atoms with Gasteiger partial charge in [-0.2, -0.15) is 0 Å². The minimum atomic E-state index is -0.385. The van der Waals surface area contributed by atoms with Gasteiger partial charge in [0.05, 0.1) is 5.69 Å². The van der Waals surface area contributed by atoms with Gasteiger partial charge in [0.15, 0.2) is 5.82 Å². The van der Waals surface area contributed by atoms with Crippen molar-refractivity contribution < 1.29 is 4.79 Å². The first kappa shape index (κ1) is 20.1. The van der Waals surface area contributed by atoms with Gasteiger partial charge in [0.1, 0.15) is 0 Å². The fraction of sp³-hybridized carbons (Fsp3) is 0.375. The number of amides is 1. The lowest BCUT2D eigenvalue weighted by molar-refractivity contribution is -0.140. The Bertz CT molecular complexity index is 1010. The van der Waals surface area contributed by atoms with E-state index >= 15 is 0 Å². The van der Waals surface area contributed by atoms with Gasteiger partial charge in [0.25, 0.3) is 0 Å². The minimum Gasteiger partial charge on any atom is -0.342 e. The van der Waals surface area contributed by atoms with Crippen molar-refractivity contribution >= 4 is 5.91 Å². The number of aromatic nitrogens is 4. The highest BCUT2D eigenvalue weighted by Gasteiger charge is 2.33. The molecule has 4 heterocycles. The SMILES string of the molecule is CC(C)(C)C(=O)N1CCC[C@H](c2nc(-c3ccncc3)ncc2-c2ccncc2)C1. The van der Waals surface area contributed by atoms with E-state index in [2.05, 4.69) is 15.0 Å². The topological polar surface area (TPSA) is 71.9 Å². The summed E-state index contributed by atoms with van der Waals surface area (Å²) < 4.78 is 0. The molecule has 6 heteroatoms. The summed E-state index contributed by atoms with van der Waals surface area (Å²) in [5.41, 5.74) is 3.59. The summed E-state index contributed by atoms with van der Waals surface area (Å²) in [6.07, 6.45) is 10.9. The Labute approximate surface area is 177 Å². The highest BCUT2D eigenvalue weighted by Crippen LogP contribution is 2.35. The molecule has 0 aliphatic carbocycles. The number of likely N-dealkylation sites (tertiary alicyclic amines) is 1. The van der Waals surface area contributed by atoms with Crippen molar-refractivity contribution in [2.75, 3.05) is 13.1 Å². The molecule has 3 aromatic rings. The standard InChI is InChI=1S/C24H27N5O/c1-24(2,3)23(30)29-14-4-5-19(16-29)21-20(17-6-10-25-11-7-17)15-27-22(28-21)18-8-12-26-13-9-18/h6-13,15,19H,4-5,14,16H2,1-3H3/t19-/m0/s1. The molecule has 154 valence electrons. The molecule has 0 radical (unpaired) electrons. The van der Waals surface area contributed by atoms with Gasteiger partial charge < -0.3 is 4.90 Å². The zero-order valence-corrected chi connectivity index (χ0v) is 17.7. The largest absolute Gasteiger partial charge is 0.342 e. The van der Waals surface area contributed by atoms with Gasteiger partial charge in [-0.3, -0.25) is 14.8 Å². The zero-order valence-electron chi connectivity index (χ0n) is 17.7. The number of hydrogen-bond acceptors (Lipinski definition) is 5. The second-order valence-electron chi connectivity index (χ2n) is 8.80. The predicted molar refractivity (Wildman–Crippen MR) is 117 cm³/mol. The second kappa shape index (κ2) is 8.30. The Balaban J connectivity index is 1.75. The van der Waals surface area contributed by atoms with Gasteiger partial charge in [0, 0.05) is 66.5 Å². The van der Waals surface area contributed by atoms with Crippen LogP contribution in [0.4, 0.5) is 0 Å². The molecule has 0 unspecified atom stereocenters. The van der Waals surface area contributed by atoms with E-state index in [0.29, 0.717) is 12.4 Å². The summed E-state index contributed by atoms with van der Waals surface area (Å²) in [6.45, 7) is 7.43. The average Bonchev–Trinajstić information content (AvgIpc) is 2.79. The smallest absolute Gasteiger partial charge is 0.227 e. The van der Waals surface area contributed by atoms with Gasteiger partial charge in [-0.25, -0.2) is 9.97 Å².